The molecule has 0 aromatic rings. The molecule has 0 aromatic heterocycles. The number of amides is 1. The molecule has 0 radical (unpaired) electrons. The fourth-order valence-electron chi connectivity index (χ4n) is 1.91. The molecule has 1 amide bonds. The summed E-state index contributed by atoms with van der Waals surface area (Å²) in [5.41, 5.74) is -2.38. The van der Waals surface area contributed by atoms with Crippen LogP contribution in [0.2, 0.25) is 18.1 Å². The van der Waals surface area contributed by atoms with Crippen LogP contribution in [0, 0.1) is 0 Å². The first-order valence-corrected chi connectivity index (χ1v) is 11.1. The van der Waals surface area contributed by atoms with E-state index < -0.39 is 37.8 Å². The Bertz CT molecular complexity index is 475. The number of halogens is 1. The predicted molar refractivity (Wildman–Crippen MR) is 93.8 cm³/mol. The molecule has 1 unspecified atom stereocenters. The van der Waals surface area contributed by atoms with Gasteiger partial charge in [0.1, 0.15) is 0 Å². The van der Waals surface area contributed by atoms with Crippen LogP contribution in [0.15, 0.2) is 0 Å². The molecule has 9 heteroatoms. The third-order valence-electron chi connectivity index (χ3n) is 4.40. The van der Waals surface area contributed by atoms with Crippen molar-refractivity contribution in [1.29, 1.82) is 0 Å². The van der Waals surface area contributed by atoms with Gasteiger partial charge in [0.2, 0.25) is 11.4 Å². The minimum atomic E-state index is -2.38. The van der Waals surface area contributed by atoms with E-state index in [1.165, 1.54) is 0 Å². The summed E-state index contributed by atoms with van der Waals surface area (Å²) in [6.45, 7) is 11.3. The summed E-state index contributed by atoms with van der Waals surface area (Å²) in [6, 6.07) is 0. The Morgan fingerprint density at radius 2 is 1.62 bits per heavy atom. The number of rotatable bonds is 9. The van der Waals surface area contributed by atoms with Gasteiger partial charge in [-0.15, -0.1) is 11.6 Å². The van der Waals surface area contributed by atoms with Gasteiger partial charge in [0, 0.05) is 12.8 Å². The van der Waals surface area contributed by atoms with Crippen LogP contribution in [0.3, 0.4) is 0 Å². The molecule has 24 heavy (non-hydrogen) atoms. The first-order chi connectivity index (χ1) is 10.7. The number of carbonyl (C=O) groups excluding carboxylic acids is 1. The number of nitrogens with one attached hydrogen (secondary N) is 1. The molecule has 0 aromatic carbocycles. The average molecular weight is 382 g/mol. The highest BCUT2D eigenvalue weighted by atomic mass is 35.5. The van der Waals surface area contributed by atoms with E-state index in [0.717, 1.165) is 6.92 Å². The predicted octanol–water partition coefficient (Wildman–Crippen LogP) is 2.44. The second-order valence-corrected chi connectivity index (χ2v) is 12.5. The number of hydrogen-bond acceptors (Lipinski definition) is 4. The normalized spacial score (nSPS) is 14.1. The fourth-order valence-corrected chi connectivity index (χ4v) is 3.62. The Labute approximate surface area is 148 Å². The highest BCUT2D eigenvalue weighted by molar-refractivity contribution is 6.74. The highest BCUT2D eigenvalue weighted by Crippen LogP contribution is 2.38. The number of alkyl halides is 1. The largest absolute Gasteiger partial charge is 0.479 e. The van der Waals surface area contributed by atoms with Crippen molar-refractivity contribution in [1.82, 2.24) is 5.32 Å². The van der Waals surface area contributed by atoms with Gasteiger partial charge in [-0.2, -0.15) is 0 Å². The number of carbonyl (C=O) groups is 3. The van der Waals surface area contributed by atoms with Gasteiger partial charge < -0.3 is 20.0 Å². The fraction of sp³-hybridized carbons (Fsp3) is 0.800. The highest BCUT2D eigenvalue weighted by Gasteiger charge is 2.48. The van der Waals surface area contributed by atoms with E-state index in [2.05, 4.69) is 20.8 Å². The van der Waals surface area contributed by atoms with Crippen molar-refractivity contribution in [2.24, 2.45) is 0 Å². The molecule has 0 aliphatic rings. The summed E-state index contributed by atoms with van der Waals surface area (Å²) < 4.78 is 6.12. The third kappa shape index (κ3) is 5.75. The van der Waals surface area contributed by atoms with E-state index in [4.69, 9.17) is 16.0 Å². The molecule has 0 heterocycles. The molecule has 7 nitrogen and oxygen atoms in total. The Balaban J connectivity index is 5.28. The van der Waals surface area contributed by atoms with Gasteiger partial charge in [0.05, 0.1) is 6.10 Å². The summed E-state index contributed by atoms with van der Waals surface area (Å²) in [4.78, 5) is 34.2. The topological polar surface area (TPSA) is 113 Å². The monoisotopic (exact) mass is 381 g/mol. The van der Waals surface area contributed by atoms with Crippen molar-refractivity contribution in [3.63, 3.8) is 0 Å². The van der Waals surface area contributed by atoms with Crippen LogP contribution in [0.25, 0.3) is 0 Å². The van der Waals surface area contributed by atoms with Gasteiger partial charge in [-0.3, -0.25) is 4.79 Å². The second kappa shape index (κ2) is 8.31. The molecule has 3 N–H and O–H groups in total. The van der Waals surface area contributed by atoms with Gasteiger partial charge in [-0.1, -0.05) is 20.8 Å². The molecular formula is C15H28ClNO6Si. The Morgan fingerprint density at radius 1 is 1.17 bits per heavy atom. The summed E-state index contributed by atoms with van der Waals surface area (Å²) in [5.74, 6) is -3.86. The lowest BCUT2D eigenvalue weighted by atomic mass is 9.92. The number of carboxylic acid groups (broad SMARTS) is 2. The maximum absolute atomic E-state index is 11.5. The van der Waals surface area contributed by atoms with E-state index in [1.807, 2.05) is 18.4 Å². The van der Waals surface area contributed by atoms with Crippen molar-refractivity contribution >= 4 is 37.8 Å². The zero-order valence-corrected chi connectivity index (χ0v) is 16.9. The minimum Gasteiger partial charge on any atom is -0.479 e. The SMILES string of the molecule is CC(=O)NC(CCC(CCl)O[Si](C)(C)C(C)(C)C)(C(=O)O)C(=O)O. The lowest BCUT2D eigenvalue weighted by molar-refractivity contribution is -0.161. The van der Waals surface area contributed by atoms with Crippen molar-refractivity contribution in [3.8, 4) is 0 Å². The third-order valence-corrected chi connectivity index (χ3v) is 9.28. The molecule has 0 fully saturated rings. The summed E-state index contributed by atoms with van der Waals surface area (Å²) in [6.07, 6.45) is -0.697. The van der Waals surface area contributed by atoms with Crippen molar-refractivity contribution in [2.75, 3.05) is 5.88 Å². The molecule has 140 valence electrons. The van der Waals surface area contributed by atoms with Gasteiger partial charge >= 0.3 is 11.9 Å². The van der Waals surface area contributed by atoms with E-state index >= 15 is 0 Å². The van der Waals surface area contributed by atoms with E-state index in [0.29, 0.717) is 0 Å². The van der Waals surface area contributed by atoms with Gasteiger partial charge in [0.25, 0.3) is 0 Å². The zero-order chi connectivity index (χ0) is 19.3. The van der Waals surface area contributed by atoms with Crippen LogP contribution >= 0.6 is 11.6 Å². The Morgan fingerprint density at radius 3 is 1.92 bits per heavy atom. The lowest BCUT2D eigenvalue weighted by Gasteiger charge is -2.39. The lowest BCUT2D eigenvalue weighted by Crippen LogP contribution is -2.60. The minimum absolute atomic E-state index is 0.0639. The zero-order valence-electron chi connectivity index (χ0n) is 15.1. The molecule has 0 rings (SSSR count). The van der Waals surface area contributed by atoms with Crippen LogP contribution in [0.5, 0.6) is 0 Å². The maximum atomic E-state index is 11.5. The first kappa shape index (κ1) is 22.9. The van der Waals surface area contributed by atoms with Crippen LogP contribution in [-0.2, 0) is 18.8 Å². The Kier molecular flexibility index (Phi) is 7.92. The first-order valence-electron chi connectivity index (χ1n) is 7.69. The van der Waals surface area contributed by atoms with Crippen LogP contribution < -0.4 is 5.32 Å². The van der Waals surface area contributed by atoms with Crippen molar-refractivity contribution in [3.05, 3.63) is 0 Å². The molecule has 0 bridgehead atoms. The number of hydrogen-bond donors (Lipinski definition) is 3. The maximum Gasteiger partial charge on any atom is 0.341 e. The molecule has 0 aliphatic heterocycles. The number of carboxylic acids is 2. The molecule has 0 aliphatic carbocycles. The summed E-state index contributed by atoms with van der Waals surface area (Å²) in [7, 11) is -2.14. The standard InChI is InChI=1S/C15H28ClNO6Si/c1-10(18)17-15(12(19)20,13(21)22)8-7-11(9-16)23-24(5,6)14(2,3)4/h11H,7-9H2,1-6H3,(H,17,18)(H,19,20)(H,21,22). The summed E-state index contributed by atoms with van der Waals surface area (Å²) in [5, 5.41) is 20.6. The van der Waals surface area contributed by atoms with Crippen molar-refractivity contribution < 1.29 is 29.0 Å². The van der Waals surface area contributed by atoms with Gasteiger partial charge in [0.15, 0.2) is 8.32 Å². The van der Waals surface area contributed by atoms with Crippen LogP contribution in [0.4, 0.5) is 0 Å². The van der Waals surface area contributed by atoms with Gasteiger partial charge in [-0.05, 0) is 31.0 Å². The van der Waals surface area contributed by atoms with E-state index in [1.54, 1.807) is 0 Å². The molecule has 0 saturated carbocycles. The van der Waals surface area contributed by atoms with E-state index in [9.17, 15) is 24.6 Å². The van der Waals surface area contributed by atoms with Crippen LogP contribution in [0.1, 0.15) is 40.5 Å². The van der Waals surface area contributed by atoms with Crippen molar-refractivity contribution in [2.45, 2.75) is 70.3 Å². The quantitative estimate of drug-likeness (QED) is 0.321. The molecule has 0 spiro atoms. The average Bonchev–Trinajstić information content (AvgIpc) is 2.39. The van der Waals surface area contributed by atoms with Gasteiger partial charge in [-0.25, -0.2) is 9.59 Å². The van der Waals surface area contributed by atoms with E-state index in [-0.39, 0.29) is 23.8 Å². The van der Waals surface area contributed by atoms with Crippen LogP contribution in [-0.4, -0.2) is 53.9 Å². The summed E-state index contributed by atoms with van der Waals surface area (Å²) >= 11 is 5.93. The molecule has 1 atom stereocenters. The second-order valence-electron chi connectivity index (χ2n) is 7.39. The Hall–Kier alpha value is -1.12. The number of aliphatic carboxylic acids is 2. The molecular weight excluding hydrogens is 354 g/mol. The molecule has 0 saturated heterocycles. The smallest absolute Gasteiger partial charge is 0.341 e.